The van der Waals surface area contributed by atoms with E-state index in [0.717, 1.165) is 35.7 Å². The predicted molar refractivity (Wildman–Crippen MR) is 75.8 cm³/mol. The summed E-state index contributed by atoms with van der Waals surface area (Å²) in [5.74, 6) is 0.0636. The summed E-state index contributed by atoms with van der Waals surface area (Å²) in [5, 5.41) is 11.9. The maximum Gasteiger partial charge on any atom is 0.246 e. The summed E-state index contributed by atoms with van der Waals surface area (Å²) in [7, 11) is 1.89. The lowest BCUT2D eigenvalue weighted by Gasteiger charge is -2.25. The lowest BCUT2D eigenvalue weighted by Crippen LogP contribution is -2.34. The molecule has 1 aromatic heterocycles. The normalized spacial score (nSPS) is 14.4. The van der Waals surface area contributed by atoms with E-state index in [1.54, 1.807) is 6.08 Å². The zero-order valence-electron chi connectivity index (χ0n) is 11.0. The maximum atomic E-state index is 12.0. The van der Waals surface area contributed by atoms with Crippen molar-refractivity contribution < 1.29 is 4.79 Å². The van der Waals surface area contributed by atoms with Gasteiger partial charge in [-0.1, -0.05) is 6.08 Å². The molecule has 0 radical (unpaired) electrons. The Bertz CT molecular complexity index is 527. The second-order valence-corrected chi connectivity index (χ2v) is 5.61. The van der Waals surface area contributed by atoms with E-state index >= 15 is 0 Å². The fraction of sp³-hybridized carbons (Fsp3) is 0.429. The first-order valence-corrected chi connectivity index (χ1v) is 7.18. The van der Waals surface area contributed by atoms with Gasteiger partial charge in [0.25, 0.3) is 0 Å². The van der Waals surface area contributed by atoms with Crippen LogP contribution < -0.4 is 5.32 Å². The number of nitrogens with zero attached hydrogens (tertiary/aromatic N) is 2. The Labute approximate surface area is 117 Å². The summed E-state index contributed by atoms with van der Waals surface area (Å²) < 4.78 is 0. The molecular formula is C14H17N3OS. The molecule has 4 nitrogen and oxygen atoms in total. The minimum Gasteiger partial charge on any atom is -0.334 e. The Hall–Kier alpha value is -1.64. The summed E-state index contributed by atoms with van der Waals surface area (Å²) >= 11 is 1.50. The van der Waals surface area contributed by atoms with Crippen molar-refractivity contribution in [1.82, 2.24) is 10.2 Å². The molecule has 0 spiro atoms. The van der Waals surface area contributed by atoms with Gasteiger partial charge in [-0.05, 0) is 44.1 Å². The molecule has 0 atom stereocenters. The molecule has 2 rings (SSSR count). The van der Waals surface area contributed by atoms with Gasteiger partial charge in [0.1, 0.15) is 10.9 Å². The smallest absolute Gasteiger partial charge is 0.246 e. The molecular weight excluding hydrogens is 258 g/mol. The lowest BCUT2D eigenvalue weighted by atomic mass is 10.1. The molecule has 2 heterocycles. The van der Waals surface area contributed by atoms with Crippen LogP contribution in [0.15, 0.2) is 18.2 Å². The largest absolute Gasteiger partial charge is 0.334 e. The molecule has 0 aliphatic carbocycles. The Morgan fingerprint density at radius 1 is 1.68 bits per heavy atom. The number of thiophene rings is 1. The second-order valence-electron chi connectivity index (χ2n) is 4.48. The third kappa shape index (κ3) is 3.43. The summed E-state index contributed by atoms with van der Waals surface area (Å²) in [6.45, 7) is 2.26. The zero-order chi connectivity index (χ0) is 13.7. The number of nitriles is 1. The van der Waals surface area contributed by atoms with Crippen LogP contribution in [0.3, 0.4) is 0 Å². The molecule has 100 valence electrons. The molecule has 0 saturated heterocycles. The van der Waals surface area contributed by atoms with E-state index < -0.39 is 0 Å². The van der Waals surface area contributed by atoms with Crippen molar-refractivity contribution in [3.05, 3.63) is 33.5 Å². The van der Waals surface area contributed by atoms with Gasteiger partial charge >= 0.3 is 0 Å². The average Bonchev–Trinajstić information content (AvgIpc) is 2.85. The first kappa shape index (κ1) is 13.8. The van der Waals surface area contributed by atoms with Gasteiger partial charge in [-0.15, -0.1) is 11.3 Å². The first-order valence-electron chi connectivity index (χ1n) is 6.36. The minimum absolute atomic E-state index is 0.0636. The van der Waals surface area contributed by atoms with E-state index in [-0.39, 0.29) is 5.91 Å². The van der Waals surface area contributed by atoms with Crippen molar-refractivity contribution in [3.8, 4) is 6.07 Å². The molecule has 0 fully saturated rings. The number of hydrogen-bond acceptors (Lipinski definition) is 4. The van der Waals surface area contributed by atoms with E-state index in [1.807, 2.05) is 24.1 Å². The highest BCUT2D eigenvalue weighted by molar-refractivity contribution is 7.12. The van der Waals surface area contributed by atoms with Crippen LogP contribution in [0.25, 0.3) is 0 Å². The summed E-state index contributed by atoms with van der Waals surface area (Å²) in [5.41, 5.74) is 1.23. The molecule has 0 unspecified atom stereocenters. The van der Waals surface area contributed by atoms with E-state index in [0.29, 0.717) is 6.54 Å². The lowest BCUT2D eigenvalue weighted by molar-refractivity contribution is -0.126. The van der Waals surface area contributed by atoms with Crippen LogP contribution in [0.2, 0.25) is 0 Å². The van der Waals surface area contributed by atoms with Gasteiger partial charge in [-0.2, -0.15) is 5.26 Å². The van der Waals surface area contributed by atoms with Crippen LogP contribution in [0.1, 0.15) is 21.7 Å². The van der Waals surface area contributed by atoms with Crippen molar-refractivity contribution in [2.45, 2.75) is 19.4 Å². The second kappa shape index (κ2) is 6.50. The maximum absolute atomic E-state index is 12.0. The van der Waals surface area contributed by atoms with E-state index in [4.69, 9.17) is 5.26 Å². The third-order valence-electron chi connectivity index (χ3n) is 3.13. The van der Waals surface area contributed by atoms with Crippen LogP contribution >= 0.6 is 11.3 Å². The molecule has 0 bridgehead atoms. The monoisotopic (exact) mass is 275 g/mol. The highest BCUT2D eigenvalue weighted by Crippen LogP contribution is 2.27. The molecule has 1 aliphatic rings. The Morgan fingerprint density at radius 3 is 3.26 bits per heavy atom. The fourth-order valence-corrected chi connectivity index (χ4v) is 3.10. The molecule has 1 aliphatic heterocycles. The van der Waals surface area contributed by atoms with Gasteiger partial charge < -0.3 is 10.2 Å². The molecule has 5 heteroatoms. The van der Waals surface area contributed by atoms with E-state index in [2.05, 4.69) is 11.4 Å². The Morgan fingerprint density at radius 2 is 2.53 bits per heavy atom. The minimum atomic E-state index is 0.0636. The third-order valence-corrected chi connectivity index (χ3v) is 4.19. The predicted octanol–water partition coefficient (Wildman–Crippen LogP) is 1.67. The molecule has 1 amide bonds. The molecule has 1 aromatic rings. The molecule has 0 aromatic carbocycles. The van der Waals surface area contributed by atoms with Gasteiger partial charge in [-0.25, -0.2) is 0 Å². The van der Waals surface area contributed by atoms with Crippen LogP contribution in [-0.4, -0.2) is 30.9 Å². The van der Waals surface area contributed by atoms with Crippen molar-refractivity contribution in [2.24, 2.45) is 0 Å². The van der Waals surface area contributed by atoms with E-state index in [9.17, 15) is 4.79 Å². The highest BCUT2D eigenvalue weighted by Gasteiger charge is 2.21. The number of nitrogens with one attached hydrogen (secondary N) is 1. The Balaban J connectivity index is 1.95. The summed E-state index contributed by atoms with van der Waals surface area (Å²) in [6.07, 6.45) is 5.27. The van der Waals surface area contributed by atoms with Gasteiger partial charge in [0.2, 0.25) is 5.91 Å². The fourth-order valence-electron chi connectivity index (χ4n) is 2.08. The Kier molecular flexibility index (Phi) is 4.72. The highest BCUT2D eigenvalue weighted by atomic mass is 32.1. The molecule has 0 saturated carbocycles. The number of carbonyl (C=O) groups is 1. The van der Waals surface area contributed by atoms with Gasteiger partial charge in [0.15, 0.2) is 0 Å². The van der Waals surface area contributed by atoms with Crippen LogP contribution in [0.4, 0.5) is 0 Å². The van der Waals surface area contributed by atoms with Gasteiger partial charge in [0.05, 0.1) is 6.54 Å². The quantitative estimate of drug-likeness (QED) is 0.672. The van der Waals surface area contributed by atoms with Crippen molar-refractivity contribution >= 4 is 17.2 Å². The number of hydrogen-bond donors (Lipinski definition) is 1. The zero-order valence-corrected chi connectivity index (χ0v) is 11.8. The van der Waals surface area contributed by atoms with Crippen molar-refractivity contribution in [2.75, 3.05) is 20.1 Å². The summed E-state index contributed by atoms with van der Waals surface area (Å²) in [4.78, 5) is 15.7. The van der Waals surface area contributed by atoms with Crippen LogP contribution in [0.5, 0.6) is 0 Å². The van der Waals surface area contributed by atoms with Crippen LogP contribution in [0, 0.1) is 11.3 Å². The SMILES string of the molecule is CNCC/C=C/C(=O)N1CCc2cc(C#N)sc2C1. The number of rotatable bonds is 4. The number of fused-ring (bicyclic) bond motifs is 1. The summed E-state index contributed by atoms with van der Waals surface area (Å²) in [6, 6.07) is 4.12. The van der Waals surface area contributed by atoms with E-state index in [1.165, 1.54) is 16.9 Å². The topological polar surface area (TPSA) is 56.1 Å². The average molecular weight is 275 g/mol. The van der Waals surface area contributed by atoms with Crippen molar-refractivity contribution in [3.63, 3.8) is 0 Å². The van der Waals surface area contributed by atoms with Crippen LogP contribution in [-0.2, 0) is 17.8 Å². The standard InChI is InChI=1S/C14H17N3OS/c1-16-6-3-2-4-14(18)17-7-5-11-8-12(9-15)19-13(11)10-17/h2,4,8,16H,3,5-7,10H2,1H3/b4-2+. The van der Waals surface area contributed by atoms with Crippen molar-refractivity contribution in [1.29, 1.82) is 5.26 Å². The number of carbonyl (C=O) groups excluding carboxylic acids is 1. The first-order chi connectivity index (χ1) is 9.24. The molecule has 19 heavy (non-hydrogen) atoms. The number of amides is 1. The van der Waals surface area contributed by atoms with Gasteiger partial charge in [-0.3, -0.25) is 4.79 Å². The molecule has 1 N–H and O–H groups in total. The van der Waals surface area contributed by atoms with Gasteiger partial charge in [0, 0.05) is 11.4 Å².